The molecule has 0 aromatic heterocycles. The maximum absolute atomic E-state index is 13.4. The van der Waals surface area contributed by atoms with Gasteiger partial charge in [-0.25, -0.2) is 4.79 Å². The third kappa shape index (κ3) is 4.27. The molecule has 1 aromatic carbocycles. The van der Waals surface area contributed by atoms with Gasteiger partial charge in [-0.05, 0) is 31.2 Å². The number of carbonyl (C=O) groups excluding carboxylic acids is 2. The minimum atomic E-state index is -0.145. The fraction of sp³-hybridized carbons (Fsp3) is 0.680. The molecule has 0 amide bonds. The average molecular weight is 415 g/mol. The number of likely N-dealkylation sites (N-methyl/N-ethyl adjacent to an activating group) is 1. The van der Waals surface area contributed by atoms with Crippen molar-refractivity contribution in [1.82, 2.24) is 0 Å². The Morgan fingerprint density at radius 2 is 1.67 bits per heavy atom. The fourth-order valence-electron chi connectivity index (χ4n) is 6.32. The first-order chi connectivity index (χ1) is 14.5. The first kappa shape index (κ1) is 21.4. The van der Waals surface area contributed by atoms with Gasteiger partial charge in [0.15, 0.2) is 6.54 Å². The van der Waals surface area contributed by atoms with Crippen molar-refractivity contribution < 1.29 is 23.5 Å². The Morgan fingerprint density at radius 1 is 1.03 bits per heavy atom. The van der Waals surface area contributed by atoms with Crippen LogP contribution in [0.25, 0.3) is 0 Å². The molecule has 5 nitrogen and oxygen atoms in total. The summed E-state index contributed by atoms with van der Waals surface area (Å²) in [6.07, 6.45) is 8.50. The van der Waals surface area contributed by atoms with E-state index in [4.69, 9.17) is 9.47 Å². The molecule has 3 fully saturated rings. The second-order valence-corrected chi connectivity index (χ2v) is 9.66. The van der Waals surface area contributed by atoms with Crippen molar-refractivity contribution in [3.05, 3.63) is 35.9 Å². The highest BCUT2D eigenvalue weighted by atomic mass is 16.5. The van der Waals surface area contributed by atoms with E-state index in [1.165, 1.54) is 12.8 Å². The van der Waals surface area contributed by atoms with Crippen molar-refractivity contribution in [1.29, 1.82) is 0 Å². The van der Waals surface area contributed by atoms with Crippen LogP contribution in [0.3, 0.4) is 0 Å². The molecule has 164 valence electrons. The number of benzene rings is 1. The molecule has 1 aromatic rings. The molecule has 30 heavy (non-hydrogen) atoms. The topological polar surface area (TPSA) is 52.6 Å². The smallest absolute Gasteiger partial charge is 0.361 e. The van der Waals surface area contributed by atoms with Gasteiger partial charge in [0, 0.05) is 25.7 Å². The van der Waals surface area contributed by atoms with Crippen molar-refractivity contribution in [2.24, 2.45) is 5.92 Å². The molecule has 0 N–H and O–H groups in total. The van der Waals surface area contributed by atoms with Gasteiger partial charge in [0.2, 0.25) is 0 Å². The van der Waals surface area contributed by atoms with Crippen molar-refractivity contribution in [3.63, 3.8) is 0 Å². The molecule has 1 saturated carbocycles. The highest BCUT2D eigenvalue weighted by Gasteiger charge is 2.53. The zero-order valence-corrected chi connectivity index (χ0v) is 18.4. The molecule has 0 spiro atoms. The standard InChI is InChI=1S/C25H36NO4/c1-3-29-23(27)17-26(2)20-13-14-21(26)16-22(15-20)30-25(28)24(19-11-7-8-12-19)18-9-5-4-6-10-18/h4-6,9-10,19-22,24H,3,7-8,11-17H2,1-2H3/q+1/t20-,21+,22?,24?,26?. The summed E-state index contributed by atoms with van der Waals surface area (Å²) in [6.45, 7) is 2.71. The molecule has 5 atom stereocenters. The van der Waals surface area contributed by atoms with Crippen LogP contribution in [0.1, 0.15) is 69.8 Å². The van der Waals surface area contributed by atoms with Crippen LogP contribution < -0.4 is 0 Å². The lowest BCUT2D eigenvalue weighted by atomic mass is 9.84. The van der Waals surface area contributed by atoms with Crippen LogP contribution in [0, 0.1) is 5.92 Å². The lowest BCUT2D eigenvalue weighted by molar-refractivity contribution is -0.942. The second-order valence-electron chi connectivity index (χ2n) is 9.66. The first-order valence-corrected chi connectivity index (χ1v) is 11.8. The summed E-state index contributed by atoms with van der Waals surface area (Å²) < 4.78 is 12.2. The molecule has 3 unspecified atom stereocenters. The predicted molar refractivity (Wildman–Crippen MR) is 115 cm³/mol. The normalized spacial score (nSPS) is 32.0. The van der Waals surface area contributed by atoms with Crippen LogP contribution in [-0.4, -0.2) is 54.8 Å². The van der Waals surface area contributed by atoms with E-state index >= 15 is 0 Å². The molecule has 2 bridgehead atoms. The molecule has 1 aliphatic carbocycles. The Hall–Kier alpha value is -1.88. The third-order valence-corrected chi connectivity index (χ3v) is 7.91. The quantitative estimate of drug-likeness (QED) is 0.495. The number of hydrogen-bond acceptors (Lipinski definition) is 4. The lowest BCUT2D eigenvalue weighted by Crippen LogP contribution is -2.61. The zero-order valence-electron chi connectivity index (χ0n) is 18.4. The number of ether oxygens (including phenoxy) is 2. The van der Waals surface area contributed by atoms with E-state index in [2.05, 4.69) is 19.2 Å². The molecule has 4 rings (SSSR count). The lowest BCUT2D eigenvalue weighted by Gasteiger charge is -2.46. The number of carbonyl (C=O) groups is 2. The Kier molecular flexibility index (Phi) is 6.47. The van der Waals surface area contributed by atoms with E-state index in [9.17, 15) is 9.59 Å². The summed E-state index contributed by atoms with van der Waals surface area (Å²) in [5.41, 5.74) is 1.09. The van der Waals surface area contributed by atoms with E-state index in [0.717, 1.165) is 48.6 Å². The van der Waals surface area contributed by atoms with E-state index < -0.39 is 0 Å². The van der Waals surface area contributed by atoms with Crippen LogP contribution in [-0.2, 0) is 19.1 Å². The maximum atomic E-state index is 13.4. The van der Waals surface area contributed by atoms with Crippen molar-refractivity contribution >= 4 is 11.9 Å². The van der Waals surface area contributed by atoms with E-state index in [-0.39, 0.29) is 24.0 Å². The van der Waals surface area contributed by atoms with Crippen molar-refractivity contribution in [2.75, 3.05) is 20.2 Å². The molecule has 3 aliphatic rings. The van der Waals surface area contributed by atoms with Gasteiger partial charge in [0.1, 0.15) is 6.10 Å². The number of fused-ring (bicyclic) bond motifs is 2. The van der Waals surface area contributed by atoms with Gasteiger partial charge >= 0.3 is 11.9 Å². The van der Waals surface area contributed by atoms with Gasteiger partial charge in [0.05, 0.1) is 31.7 Å². The van der Waals surface area contributed by atoms with Gasteiger partial charge in [-0.2, -0.15) is 0 Å². The van der Waals surface area contributed by atoms with E-state index in [1.54, 1.807) is 0 Å². The highest BCUT2D eigenvalue weighted by Crippen LogP contribution is 2.43. The van der Waals surface area contributed by atoms with E-state index in [1.807, 2.05) is 25.1 Å². The summed E-state index contributed by atoms with van der Waals surface area (Å²) in [4.78, 5) is 25.5. The molecular weight excluding hydrogens is 378 g/mol. The van der Waals surface area contributed by atoms with Crippen LogP contribution >= 0.6 is 0 Å². The number of piperidine rings is 1. The summed E-state index contributed by atoms with van der Waals surface area (Å²) >= 11 is 0. The highest BCUT2D eigenvalue weighted by molar-refractivity contribution is 5.79. The minimum Gasteiger partial charge on any atom is -0.462 e. The third-order valence-electron chi connectivity index (χ3n) is 7.91. The summed E-state index contributed by atoms with van der Waals surface area (Å²) in [5.74, 6) is 0.0930. The number of hydrogen-bond donors (Lipinski definition) is 0. The Labute approximate surface area is 180 Å². The first-order valence-electron chi connectivity index (χ1n) is 11.8. The number of esters is 2. The summed E-state index contributed by atoms with van der Waals surface area (Å²) in [6, 6.07) is 10.9. The van der Waals surface area contributed by atoms with Crippen LogP contribution in [0.2, 0.25) is 0 Å². The predicted octanol–water partition coefficient (Wildman–Crippen LogP) is 4.21. The largest absolute Gasteiger partial charge is 0.462 e. The molecule has 5 heteroatoms. The maximum Gasteiger partial charge on any atom is 0.361 e. The second kappa shape index (κ2) is 9.09. The summed E-state index contributed by atoms with van der Waals surface area (Å²) in [7, 11) is 2.18. The minimum absolute atomic E-state index is 0.0315. The van der Waals surface area contributed by atoms with Crippen LogP contribution in [0.4, 0.5) is 0 Å². The molecular formula is C25H36NO4+. The number of nitrogens with zero attached hydrogens (tertiary/aromatic N) is 1. The van der Waals surface area contributed by atoms with Crippen LogP contribution in [0.15, 0.2) is 30.3 Å². The molecule has 0 radical (unpaired) electrons. The molecule has 2 aliphatic heterocycles. The van der Waals surface area contributed by atoms with Gasteiger partial charge in [-0.15, -0.1) is 0 Å². The van der Waals surface area contributed by atoms with Gasteiger partial charge < -0.3 is 14.0 Å². The zero-order chi connectivity index (χ0) is 21.1. The monoisotopic (exact) mass is 414 g/mol. The molecule has 2 saturated heterocycles. The van der Waals surface area contributed by atoms with Gasteiger partial charge in [-0.1, -0.05) is 43.2 Å². The Morgan fingerprint density at radius 3 is 2.27 bits per heavy atom. The SMILES string of the molecule is CCOC(=O)C[N+]1(C)[C@@H]2CC[C@H]1CC(OC(=O)C(c1ccccc1)C1CCCC1)C2. The summed E-state index contributed by atoms with van der Waals surface area (Å²) in [5, 5.41) is 0. The van der Waals surface area contributed by atoms with Crippen molar-refractivity contribution in [2.45, 2.75) is 82.4 Å². The van der Waals surface area contributed by atoms with Gasteiger partial charge in [0.25, 0.3) is 0 Å². The van der Waals surface area contributed by atoms with Gasteiger partial charge in [-0.3, -0.25) is 4.79 Å². The average Bonchev–Trinajstić information content (AvgIpc) is 3.26. The Bertz CT molecular complexity index is 729. The van der Waals surface area contributed by atoms with Crippen molar-refractivity contribution in [3.8, 4) is 0 Å². The molecule has 2 heterocycles. The van der Waals surface area contributed by atoms with E-state index in [0.29, 0.717) is 31.2 Å². The fourth-order valence-corrected chi connectivity index (χ4v) is 6.32. The van der Waals surface area contributed by atoms with Crippen LogP contribution in [0.5, 0.6) is 0 Å². The number of quaternary nitrogens is 1. The Balaban J connectivity index is 1.43. The number of rotatable bonds is 7.